The van der Waals surface area contributed by atoms with Crippen LogP contribution in [0, 0.1) is 5.82 Å². The summed E-state index contributed by atoms with van der Waals surface area (Å²) in [6.45, 7) is 4.31. The summed E-state index contributed by atoms with van der Waals surface area (Å²) in [5.41, 5.74) is 2.71. The number of hydrogen-bond donors (Lipinski definition) is 1. The number of rotatable bonds is 4. The third-order valence-electron chi connectivity index (χ3n) is 4.11. The van der Waals surface area contributed by atoms with Gasteiger partial charge in [0.25, 0.3) is 5.91 Å². The zero-order valence-electron chi connectivity index (χ0n) is 14.1. The van der Waals surface area contributed by atoms with Crippen LogP contribution in [0.3, 0.4) is 0 Å². The lowest BCUT2D eigenvalue weighted by Crippen LogP contribution is -2.25. The van der Waals surface area contributed by atoms with Gasteiger partial charge in [-0.25, -0.2) is 4.39 Å². The molecule has 0 saturated carbocycles. The van der Waals surface area contributed by atoms with Crippen LogP contribution >= 0.6 is 0 Å². The molecule has 0 aliphatic carbocycles. The van der Waals surface area contributed by atoms with Crippen molar-refractivity contribution in [2.24, 2.45) is 0 Å². The van der Waals surface area contributed by atoms with Crippen LogP contribution in [0.25, 0.3) is 0 Å². The van der Waals surface area contributed by atoms with E-state index in [4.69, 9.17) is 4.74 Å². The topological polar surface area (TPSA) is 58.6 Å². The second-order valence-corrected chi connectivity index (χ2v) is 5.79. The Bertz CT molecular complexity index is 835. The monoisotopic (exact) mass is 342 g/mol. The van der Waals surface area contributed by atoms with Gasteiger partial charge in [0.15, 0.2) is 0 Å². The molecule has 0 aromatic heterocycles. The van der Waals surface area contributed by atoms with Gasteiger partial charge in [-0.2, -0.15) is 0 Å². The van der Waals surface area contributed by atoms with Crippen molar-refractivity contribution in [3.63, 3.8) is 0 Å². The number of anilines is 2. The third-order valence-corrected chi connectivity index (χ3v) is 4.11. The molecule has 1 aliphatic rings. The molecule has 2 aromatic rings. The van der Waals surface area contributed by atoms with Gasteiger partial charge in [-0.3, -0.25) is 9.59 Å². The summed E-state index contributed by atoms with van der Waals surface area (Å²) in [4.78, 5) is 25.8. The lowest BCUT2D eigenvalue weighted by atomic mass is 10.1. The molecule has 0 unspecified atom stereocenters. The molecule has 2 aromatic carbocycles. The SMILES string of the molecule is CCOc1cc(F)ccc1NC(=O)c1ccc2c(c1)CCN2C(C)=O. The molecule has 0 saturated heterocycles. The maximum atomic E-state index is 13.4. The summed E-state index contributed by atoms with van der Waals surface area (Å²) >= 11 is 0. The number of amides is 2. The molecule has 1 heterocycles. The standard InChI is InChI=1S/C19H19FN2O3/c1-3-25-18-11-15(20)5-6-16(18)21-19(24)14-4-7-17-13(10-14)8-9-22(17)12(2)23/h4-7,10-11H,3,8-9H2,1-2H3,(H,21,24). The first-order chi connectivity index (χ1) is 12.0. The molecule has 0 atom stereocenters. The third kappa shape index (κ3) is 3.47. The summed E-state index contributed by atoms with van der Waals surface area (Å²) in [6.07, 6.45) is 0.719. The van der Waals surface area contributed by atoms with Crippen LogP contribution in [0.1, 0.15) is 29.8 Å². The molecule has 1 aliphatic heterocycles. The number of carbonyl (C=O) groups excluding carboxylic acids is 2. The molecule has 0 spiro atoms. The summed E-state index contributed by atoms with van der Waals surface area (Å²) in [7, 11) is 0. The van der Waals surface area contributed by atoms with E-state index in [1.54, 1.807) is 30.0 Å². The van der Waals surface area contributed by atoms with Crippen molar-refractivity contribution >= 4 is 23.2 Å². The van der Waals surface area contributed by atoms with Crippen molar-refractivity contribution in [2.75, 3.05) is 23.4 Å². The Labute approximate surface area is 145 Å². The fourth-order valence-corrected chi connectivity index (χ4v) is 2.94. The molecule has 3 rings (SSSR count). The lowest BCUT2D eigenvalue weighted by molar-refractivity contribution is -0.116. The lowest BCUT2D eigenvalue weighted by Gasteiger charge is -2.15. The van der Waals surface area contributed by atoms with E-state index in [0.717, 1.165) is 17.7 Å². The number of carbonyl (C=O) groups is 2. The van der Waals surface area contributed by atoms with Crippen molar-refractivity contribution in [3.05, 3.63) is 53.3 Å². The molecule has 0 fully saturated rings. The second kappa shape index (κ2) is 6.93. The van der Waals surface area contributed by atoms with Crippen LogP contribution in [-0.2, 0) is 11.2 Å². The maximum absolute atomic E-state index is 13.4. The second-order valence-electron chi connectivity index (χ2n) is 5.79. The van der Waals surface area contributed by atoms with Crippen molar-refractivity contribution in [2.45, 2.75) is 20.3 Å². The van der Waals surface area contributed by atoms with Gasteiger partial charge in [0.2, 0.25) is 5.91 Å². The van der Waals surface area contributed by atoms with Gasteiger partial charge >= 0.3 is 0 Å². The molecule has 25 heavy (non-hydrogen) atoms. The molecular weight excluding hydrogens is 323 g/mol. The van der Waals surface area contributed by atoms with E-state index in [2.05, 4.69) is 5.32 Å². The largest absolute Gasteiger partial charge is 0.492 e. The van der Waals surface area contributed by atoms with E-state index in [1.165, 1.54) is 25.1 Å². The Balaban J connectivity index is 1.82. The quantitative estimate of drug-likeness (QED) is 0.927. The predicted molar refractivity (Wildman–Crippen MR) is 93.7 cm³/mol. The number of nitrogens with one attached hydrogen (secondary N) is 1. The van der Waals surface area contributed by atoms with Gasteiger partial charge in [0.05, 0.1) is 12.3 Å². The first kappa shape index (κ1) is 17.0. The summed E-state index contributed by atoms with van der Waals surface area (Å²) in [5, 5.41) is 2.75. The minimum atomic E-state index is -0.427. The highest BCUT2D eigenvalue weighted by Crippen LogP contribution is 2.30. The first-order valence-electron chi connectivity index (χ1n) is 8.14. The molecule has 5 nitrogen and oxygen atoms in total. The maximum Gasteiger partial charge on any atom is 0.255 e. The number of nitrogens with zero attached hydrogens (tertiary/aromatic N) is 1. The number of hydrogen-bond acceptors (Lipinski definition) is 3. The molecule has 2 amide bonds. The normalized spacial score (nSPS) is 12.7. The Hall–Kier alpha value is -2.89. The molecule has 6 heteroatoms. The fourth-order valence-electron chi connectivity index (χ4n) is 2.94. The number of halogens is 1. The molecule has 130 valence electrons. The Morgan fingerprint density at radius 2 is 2.04 bits per heavy atom. The van der Waals surface area contributed by atoms with Gasteiger partial charge in [0.1, 0.15) is 11.6 Å². The smallest absolute Gasteiger partial charge is 0.255 e. The minimum Gasteiger partial charge on any atom is -0.492 e. The molecule has 0 radical (unpaired) electrons. The van der Waals surface area contributed by atoms with Crippen LogP contribution in [0.2, 0.25) is 0 Å². The minimum absolute atomic E-state index is 0.0105. The molecule has 0 bridgehead atoms. The zero-order chi connectivity index (χ0) is 18.0. The van der Waals surface area contributed by atoms with Crippen LogP contribution in [-0.4, -0.2) is 25.0 Å². The van der Waals surface area contributed by atoms with Gasteiger partial charge in [0, 0.05) is 30.8 Å². The molecule has 1 N–H and O–H groups in total. The van der Waals surface area contributed by atoms with Crippen LogP contribution < -0.4 is 15.0 Å². The highest BCUT2D eigenvalue weighted by Gasteiger charge is 2.23. The average molecular weight is 342 g/mol. The Morgan fingerprint density at radius 3 is 2.76 bits per heavy atom. The van der Waals surface area contributed by atoms with E-state index < -0.39 is 5.82 Å². The van der Waals surface area contributed by atoms with Gasteiger partial charge in [-0.05, 0) is 49.2 Å². The highest BCUT2D eigenvalue weighted by atomic mass is 19.1. The highest BCUT2D eigenvalue weighted by molar-refractivity contribution is 6.06. The number of benzene rings is 2. The van der Waals surface area contributed by atoms with Crippen molar-refractivity contribution in [3.8, 4) is 5.75 Å². The summed E-state index contributed by atoms with van der Waals surface area (Å²) < 4.78 is 18.7. The number of ether oxygens (including phenoxy) is 1. The zero-order valence-corrected chi connectivity index (χ0v) is 14.1. The predicted octanol–water partition coefficient (Wildman–Crippen LogP) is 3.39. The number of fused-ring (bicyclic) bond motifs is 1. The first-order valence-corrected chi connectivity index (χ1v) is 8.14. The van der Waals surface area contributed by atoms with Crippen molar-refractivity contribution in [1.82, 2.24) is 0 Å². The van der Waals surface area contributed by atoms with E-state index >= 15 is 0 Å². The van der Waals surface area contributed by atoms with E-state index in [-0.39, 0.29) is 11.8 Å². The Kier molecular flexibility index (Phi) is 4.70. The van der Waals surface area contributed by atoms with E-state index in [9.17, 15) is 14.0 Å². The van der Waals surface area contributed by atoms with Crippen molar-refractivity contribution < 1.29 is 18.7 Å². The Morgan fingerprint density at radius 1 is 1.24 bits per heavy atom. The van der Waals surface area contributed by atoms with E-state index in [1.807, 2.05) is 0 Å². The van der Waals surface area contributed by atoms with Crippen LogP contribution in [0.4, 0.5) is 15.8 Å². The van der Waals surface area contributed by atoms with Gasteiger partial charge in [-0.15, -0.1) is 0 Å². The van der Waals surface area contributed by atoms with Gasteiger partial charge in [-0.1, -0.05) is 0 Å². The van der Waals surface area contributed by atoms with E-state index in [0.29, 0.717) is 30.2 Å². The fraction of sp³-hybridized carbons (Fsp3) is 0.263. The van der Waals surface area contributed by atoms with Crippen LogP contribution in [0.15, 0.2) is 36.4 Å². The summed E-state index contributed by atoms with van der Waals surface area (Å²) in [6, 6.07) is 9.24. The van der Waals surface area contributed by atoms with Crippen molar-refractivity contribution in [1.29, 1.82) is 0 Å². The average Bonchev–Trinajstić information content (AvgIpc) is 3.00. The van der Waals surface area contributed by atoms with Crippen LogP contribution in [0.5, 0.6) is 5.75 Å². The summed E-state index contributed by atoms with van der Waals surface area (Å²) in [5.74, 6) is -0.455. The molecular formula is C19H19FN2O3. The van der Waals surface area contributed by atoms with Gasteiger partial charge < -0.3 is 15.0 Å².